The van der Waals surface area contributed by atoms with Crippen molar-refractivity contribution in [1.82, 2.24) is 9.62 Å². The van der Waals surface area contributed by atoms with E-state index in [0.29, 0.717) is 11.4 Å². The summed E-state index contributed by atoms with van der Waals surface area (Å²) in [6.07, 6.45) is 1.58. The third kappa shape index (κ3) is 4.08. The maximum atomic E-state index is 12.3. The quantitative estimate of drug-likeness (QED) is 0.778. The molecule has 0 spiro atoms. The van der Waals surface area contributed by atoms with Gasteiger partial charge >= 0.3 is 0 Å². The molecule has 2 aromatic rings. The summed E-state index contributed by atoms with van der Waals surface area (Å²) in [5.41, 5.74) is 1.91. The van der Waals surface area contributed by atoms with Gasteiger partial charge in [-0.3, -0.25) is 4.79 Å². The molecule has 1 N–H and O–H groups in total. The van der Waals surface area contributed by atoms with E-state index in [0.717, 1.165) is 30.6 Å². The van der Waals surface area contributed by atoms with Crippen LogP contribution >= 0.6 is 11.3 Å². The highest BCUT2D eigenvalue weighted by molar-refractivity contribution is 7.89. The van der Waals surface area contributed by atoms with Gasteiger partial charge in [0, 0.05) is 37.7 Å². The molecule has 0 bridgehead atoms. The number of carbonyl (C=O) groups excluding carboxylic acids is 1. The molecule has 140 valence electrons. The van der Waals surface area contributed by atoms with Crippen LogP contribution < -0.4 is 10.2 Å². The van der Waals surface area contributed by atoms with Crippen molar-refractivity contribution in [3.05, 3.63) is 46.2 Å². The smallest absolute Gasteiger partial charge is 0.242 e. The lowest BCUT2D eigenvalue weighted by Gasteiger charge is -2.19. The Kier molecular flexibility index (Phi) is 5.64. The lowest BCUT2D eigenvalue weighted by atomic mass is 10.2. The molecule has 1 amide bonds. The van der Waals surface area contributed by atoms with Gasteiger partial charge in [0.2, 0.25) is 15.9 Å². The van der Waals surface area contributed by atoms with E-state index in [1.807, 2.05) is 16.3 Å². The van der Waals surface area contributed by atoms with Gasteiger partial charge in [-0.15, -0.1) is 11.3 Å². The number of nitrogens with zero attached hydrogens (tertiary/aromatic N) is 2. The minimum absolute atomic E-state index is 0.0144. The van der Waals surface area contributed by atoms with Gasteiger partial charge in [0.25, 0.3) is 0 Å². The van der Waals surface area contributed by atoms with Gasteiger partial charge < -0.3 is 10.2 Å². The first-order valence-corrected chi connectivity index (χ1v) is 10.8. The van der Waals surface area contributed by atoms with Crippen molar-refractivity contribution in [1.29, 1.82) is 0 Å². The molecule has 0 unspecified atom stereocenters. The number of rotatable bonds is 7. The number of anilines is 1. The number of benzene rings is 1. The number of amides is 1. The maximum Gasteiger partial charge on any atom is 0.242 e. The summed E-state index contributed by atoms with van der Waals surface area (Å²) >= 11 is 1.69. The van der Waals surface area contributed by atoms with Gasteiger partial charge in [-0.25, -0.2) is 12.7 Å². The summed E-state index contributed by atoms with van der Waals surface area (Å²) in [5, 5.41) is 4.98. The van der Waals surface area contributed by atoms with Crippen LogP contribution in [0.15, 0.2) is 40.6 Å². The van der Waals surface area contributed by atoms with Gasteiger partial charge in [0.05, 0.1) is 11.4 Å². The highest BCUT2D eigenvalue weighted by atomic mass is 32.2. The molecule has 0 aliphatic carbocycles. The largest absolute Gasteiger partial charge is 0.362 e. The Bertz CT molecular complexity index is 877. The Morgan fingerprint density at radius 2 is 2.12 bits per heavy atom. The van der Waals surface area contributed by atoms with Crippen LogP contribution in [-0.4, -0.2) is 52.4 Å². The molecule has 0 saturated carbocycles. The fourth-order valence-corrected chi connectivity index (χ4v) is 4.65. The predicted octanol–water partition coefficient (Wildman–Crippen LogP) is 1.72. The van der Waals surface area contributed by atoms with Crippen LogP contribution in [0.25, 0.3) is 0 Å². The Morgan fingerprint density at radius 1 is 1.31 bits per heavy atom. The van der Waals surface area contributed by atoms with E-state index in [2.05, 4.69) is 11.4 Å². The normalized spacial score (nSPS) is 13.9. The fraction of sp³-hybridized carbons (Fsp3) is 0.389. The Hall–Kier alpha value is -1.90. The summed E-state index contributed by atoms with van der Waals surface area (Å²) in [4.78, 5) is 15.8. The number of sulfonamides is 1. The predicted molar refractivity (Wildman–Crippen MR) is 104 cm³/mol. The average molecular weight is 394 g/mol. The molecule has 8 heteroatoms. The zero-order valence-electron chi connectivity index (χ0n) is 14.9. The Morgan fingerprint density at radius 3 is 2.81 bits per heavy atom. The first kappa shape index (κ1) is 18.9. The van der Waals surface area contributed by atoms with Crippen LogP contribution in [0, 0.1) is 0 Å². The molecule has 1 aliphatic rings. The second kappa shape index (κ2) is 7.77. The van der Waals surface area contributed by atoms with E-state index >= 15 is 0 Å². The number of nitrogens with one attached hydrogen (secondary N) is 1. The standard InChI is InChI=1S/C18H23N3O3S2/c1-20(2)26(23,24)16-5-6-17-14(12-16)8-10-21(17)13-18(22)19-9-7-15-4-3-11-25-15/h3-6,11-12H,7-10,13H2,1-2H3,(H,19,22). The number of hydrogen-bond acceptors (Lipinski definition) is 5. The molecule has 1 aromatic heterocycles. The first-order valence-electron chi connectivity index (χ1n) is 8.47. The van der Waals surface area contributed by atoms with Crippen LogP contribution in [0.4, 0.5) is 5.69 Å². The van der Waals surface area contributed by atoms with Gasteiger partial charge in [-0.2, -0.15) is 0 Å². The van der Waals surface area contributed by atoms with Crippen molar-refractivity contribution in [2.75, 3.05) is 38.6 Å². The van der Waals surface area contributed by atoms with E-state index < -0.39 is 10.0 Å². The van der Waals surface area contributed by atoms with Crippen molar-refractivity contribution >= 4 is 33.0 Å². The second-order valence-corrected chi connectivity index (χ2v) is 9.61. The van der Waals surface area contributed by atoms with Gasteiger partial charge in [-0.05, 0) is 48.1 Å². The molecule has 3 rings (SSSR count). The summed E-state index contributed by atoms with van der Waals surface area (Å²) in [5.74, 6) is -0.0144. The Balaban J connectivity index is 1.60. The zero-order chi connectivity index (χ0) is 18.7. The van der Waals surface area contributed by atoms with E-state index in [4.69, 9.17) is 0 Å². The highest BCUT2D eigenvalue weighted by Crippen LogP contribution is 2.30. The van der Waals surface area contributed by atoms with Crippen LogP contribution in [0.5, 0.6) is 0 Å². The number of carbonyl (C=O) groups is 1. The summed E-state index contributed by atoms with van der Waals surface area (Å²) in [7, 11) is -0.390. The molecule has 1 aromatic carbocycles. The van der Waals surface area contributed by atoms with E-state index in [1.54, 1.807) is 29.5 Å². The van der Waals surface area contributed by atoms with Crippen LogP contribution in [-0.2, 0) is 27.7 Å². The Labute approximate surface area is 158 Å². The molecule has 2 heterocycles. The molecular weight excluding hydrogens is 370 g/mol. The van der Waals surface area contributed by atoms with Gasteiger partial charge in [-0.1, -0.05) is 6.07 Å². The summed E-state index contributed by atoms with van der Waals surface area (Å²) < 4.78 is 25.7. The summed E-state index contributed by atoms with van der Waals surface area (Å²) in [6.45, 7) is 1.64. The van der Waals surface area contributed by atoms with Crippen LogP contribution in [0.1, 0.15) is 10.4 Å². The third-order valence-corrected chi connectivity index (χ3v) is 7.18. The second-order valence-electron chi connectivity index (χ2n) is 6.43. The van der Waals surface area contributed by atoms with Crippen molar-refractivity contribution < 1.29 is 13.2 Å². The maximum absolute atomic E-state index is 12.3. The molecular formula is C18H23N3O3S2. The fourth-order valence-electron chi connectivity index (χ4n) is 2.99. The van der Waals surface area contributed by atoms with Gasteiger partial charge in [0.15, 0.2) is 0 Å². The number of fused-ring (bicyclic) bond motifs is 1. The molecule has 0 saturated heterocycles. The van der Waals surface area contributed by atoms with Gasteiger partial charge in [0.1, 0.15) is 0 Å². The van der Waals surface area contributed by atoms with Crippen LogP contribution in [0.3, 0.4) is 0 Å². The van der Waals surface area contributed by atoms with E-state index in [9.17, 15) is 13.2 Å². The first-order chi connectivity index (χ1) is 12.4. The lowest BCUT2D eigenvalue weighted by molar-refractivity contribution is -0.119. The molecule has 0 radical (unpaired) electrons. The lowest BCUT2D eigenvalue weighted by Crippen LogP contribution is -2.37. The molecule has 26 heavy (non-hydrogen) atoms. The monoisotopic (exact) mass is 393 g/mol. The number of thiophene rings is 1. The topological polar surface area (TPSA) is 69.7 Å². The van der Waals surface area contributed by atoms with Crippen molar-refractivity contribution in [2.45, 2.75) is 17.7 Å². The van der Waals surface area contributed by atoms with E-state index in [-0.39, 0.29) is 12.5 Å². The minimum atomic E-state index is -3.44. The van der Waals surface area contributed by atoms with Crippen molar-refractivity contribution in [2.24, 2.45) is 0 Å². The van der Waals surface area contributed by atoms with Crippen molar-refractivity contribution in [3.63, 3.8) is 0 Å². The molecule has 6 nitrogen and oxygen atoms in total. The summed E-state index contributed by atoms with van der Waals surface area (Å²) in [6, 6.07) is 9.21. The molecule has 0 fully saturated rings. The molecule has 1 aliphatic heterocycles. The average Bonchev–Trinajstić information content (AvgIpc) is 3.24. The zero-order valence-corrected chi connectivity index (χ0v) is 16.6. The third-order valence-electron chi connectivity index (χ3n) is 4.43. The van der Waals surface area contributed by atoms with Crippen molar-refractivity contribution in [3.8, 4) is 0 Å². The number of hydrogen-bond donors (Lipinski definition) is 1. The SMILES string of the molecule is CN(C)S(=O)(=O)c1ccc2c(c1)CCN2CC(=O)NCCc1cccs1. The van der Waals surface area contributed by atoms with E-state index in [1.165, 1.54) is 23.3 Å². The highest BCUT2D eigenvalue weighted by Gasteiger charge is 2.24. The minimum Gasteiger partial charge on any atom is -0.362 e. The molecule has 0 atom stereocenters. The van der Waals surface area contributed by atoms with Crippen LogP contribution in [0.2, 0.25) is 0 Å².